The van der Waals surface area contributed by atoms with Gasteiger partial charge in [0.15, 0.2) is 11.5 Å². The minimum Gasteiger partial charge on any atom is -0.504 e. The van der Waals surface area contributed by atoms with Crippen LogP contribution in [0.4, 0.5) is 11.5 Å². The van der Waals surface area contributed by atoms with Crippen molar-refractivity contribution in [1.82, 2.24) is 9.97 Å². The number of ether oxygens (including phenoxy) is 1. The number of nitrogens with one attached hydrogen (secondary N) is 1. The van der Waals surface area contributed by atoms with E-state index in [-0.39, 0.29) is 5.75 Å². The Kier molecular flexibility index (Phi) is 9.79. The predicted molar refractivity (Wildman–Crippen MR) is 122 cm³/mol. The fourth-order valence-corrected chi connectivity index (χ4v) is 2.98. The molecule has 0 bridgehead atoms. The largest absolute Gasteiger partial charge is 0.504 e. The Bertz CT molecular complexity index is 1030. The highest BCUT2D eigenvalue weighted by molar-refractivity contribution is 5.93. The molecular weight excluding hydrogens is 394 g/mol. The van der Waals surface area contributed by atoms with Gasteiger partial charge >= 0.3 is 0 Å². The highest BCUT2D eigenvalue weighted by Gasteiger charge is 2.11. The second kappa shape index (κ2) is 12.8. The quantitative estimate of drug-likeness (QED) is 0.256. The number of hydrogen-bond donors (Lipinski definition) is 3. The van der Waals surface area contributed by atoms with E-state index in [9.17, 15) is 9.90 Å². The smallest absolute Gasteiger partial charge is 0.161 e. The fourth-order valence-electron chi connectivity index (χ4n) is 2.98. The second-order valence-electron chi connectivity index (χ2n) is 6.63. The van der Waals surface area contributed by atoms with Gasteiger partial charge in [0.05, 0.1) is 12.1 Å². The van der Waals surface area contributed by atoms with Gasteiger partial charge in [-0.15, -0.1) is 6.42 Å². The number of terminal acetylenes is 1. The molecule has 0 spiro atoms. The summed E-state index contributed by atoms with van der Waals surface area (Å²) in [4.78, 5) is 18.9. The number of phenols is 1. The Balaban J connectivity index is 0.00000166. The van der Waals surface area contributed by atoms with E-state index < -0.39 is 0 Å². The average molecular weight is 421 g/mol. The number of phenolic OH excluding ortho intramolecular Hbond substituents is 1. The van der Waals surface area contributed by atoms with Crippen molar-refractivity contribution in [3.05, 3.63) is 48.3 Å². The summed E-state index contributed by atoms with van der Waals surface area (Å²) in [5.74, 6) is 3.64. The number of anilines is 2. The number of aldehydes is 1. The lowest BCUT2D eigenvalue weighted by Crippen LogP contribution is -2.00. The highest BCUT2D eigenvalue weighted by atomic mass is 16.5. The summed E-state index contributed by atoms with van der Waals surface area (Å²) in [7, 11) is 1.00. The van der Waals surface area contributed by atoms with Crippen molar-refractivity contribution in [1.29, 1.82) is 0 Å². The number of nitrogens with zero attached hydrogens (tertiary/aromatic N) is 2. The molecule has 3 aromatic rings. The number of aromatic nitrogens is 2. The number of carbonyl (C=O) groups is 1. The number of benzene rings is 2. The number of aromatic hydroxyl groups is 1. The van der Waals surface area contributed by atoms with Gasteiger partial charge in [-0.05, 0) is 37.1 Å². The third-order valence-electron chi connectivity index (χ3n) is 4.48. The molecule has 0 saturated carbocycles. The van der Waals surface area contributed by atoms with Crippen molar-refractivity contribution in [2.45, 2.75) is 32.1 Å². The van der Waals surface area contributed by atoms with Crippen LogP contribution in [0.3, 0.4) is 0 Å². The van der Waals surface area contributed by atoms with Crippen molar-refractivity contribution in [2.75, 3.05) is 19.0 Å². The number of unbranched alkanes of at least 4 members (excludes halogenated alkanes) is 4. The minimum absolute atomic E-state index is 0.0393. The molecule has 0 radical (unpaired) electrons. The van der Waals surface area contributed by atoms with E-state index in [0.29, 0.717) is 30.1 Å². The number of aliphatic hydroxyl groups is 1. The molecule has 0 aliphatic carbocycles. The molecule has 1 heterocycles. The standard InChI is InChI=1S/C23H23N3O3.CH4O/c1-2-17-9-8-10-18(13-17)26-23-19-14-22(21(28)15-20(19)24-16-25-23)29-12-7-5-3-4-6-11-27;1-2/h1,8-11,13-16,28H,3-7,12H2,(H,24,25,26);2H,1H3. The molecule has 0 unspecified atom stereocenters. The van der Waals surface area contributed by atoms with E-state index in [0.717, 1.165) is 55.7 Å². The number of hydrogen-bond acceptors (Lipinski definition) is 7. The van der Waals surface area contributed by atoms with Crippen molar-refractivity contribution in [3.8, 4) is 23.8 Å². The molecule has 0 fully saturated rings. The Morgan fingerprint density at radius 2 is 1.94 bits per heavy atom. The minimum atomic E-state index is 0.0393. The maximum Gasteiger partial charge on any atom is 0.161 e. The first kappa shape index (κ1) is 23.6. The first-order valence-corrected chi connectivity index (χ1v) is 10.0. The lowest BCUT2D eigenvalue weighted by Gasteiger charge is -2.12. The van der Waals surface area contributed by atoms with Crippen LogP contribution in [-0.4, -0.2) is 40.2 Å². The molecule has 0 saturated heterocycles. The van der Waals surface area contributed by atoms with Crippen LogP contribution in [-0.2, 0) is 4.79 Å². The summed E-state index contributed by atoms with van der Waals surface area (Å²) >= 11 is 0. The maximum absolute atomic E-state index is 10.3. The van der Waals surface area contributed by atoms with Crippen molar-refractivity contribution >= 4 is 28.7 Å². The van der Waals surface area contributed by atoms with Gasteiger partial charge in [-0.3, -0.25) is 0 Å². The second-order valence-corrected chi connectivity index (χ2v) is 6.63. The summed E-state index contributed by atoms with van der Waals surface area (Å²) in [6.45, 7) is 0.487. The third kappa shape index (κ3) is 6.98. The molecular formula is C24H27N3O4. The molecule has 3 N–H and O–H groups in total. The summed E-state index contributed by atoms with van der Waals surface area (Å²) in [5, 5.41) is 21.2. The zero-order valence-electron chi connectivity index (χ0n) is 17.5. The molecule has 0 aliphatic heterocycles. The first-order chi connectivity index (χ1) is 15.2. The van der Waals surface area contributed by atoms with Crippen LogP contribution in [0.5, 0.6) is 11.5 Å². The van der Waals surface area contributed by atoms with Crippen LogP contribution in [0.1, 0.15) is 37.7 Å². The third-order valence-corrected chi connectivity index (χ3v) is 4.48. The van der Waals surface area contributed by atoms with E-state index in [1.54, 1.807) is 12.1 Å². The Morgan fingerprint density at radius 3 is 2.71 bits per heavy atom. The number of aliphatic hydroxyl groups excluding tert-OH is 1. The summed E-state index contributed by atoms with van der Waals surface area (Å²) in [5.41, 5.74) is 2.18. The zero-order valence-corrected chi connectivity index (χ0v) is 17.5. The topological polar surface area (TPSA) is 105 Å². The number of fused-ring (bicyclic) bond motifs is 1. The number of rotatable bonds is 10. The fraction of sp³-hybridized carbons (Fsp3) is 0.292. The normalized spacial score (nSPS) is 9.97. The van der Waals surface area contributed by atoms with Crippen LogP contribution >= 0.6 is 0 Å². The van der Waals surface area contributed by atoms with Crippen LogP contribution in [0.25, 0.3) is 10.9 Å². The molecule has 1 aromatic heterocycles. The molecule has 2 aromatic carbocycles. The molecule has 0 atom stereocenters. The lowest BCUT2D eigenvalue weighted by molar-refractivity contribution is -0.107. The Hall–Kier alpha value is -3.63. The molecule has 7 heteroatoms. The Morgan fingerprint density at radius 1 is 1.13 bits per heavy atom. The van der Waals surface area contributed by atoms with Gasteiger partial charge in [0.1, 0.15) is 18.4 Å². The SMILES string of the molecule is C#Cc1cccc(Nc2ncnc3cc(O)c(OCCCCCCC=O)cc23)c1.CO. The molecule has 0 aliphatic rings. The highest BCUT2D eigenvalue weighted by Crippen LogP contribution is 2.34. The number of carbonyl (C=O) groups excluding carboxylic acids is 1. The van der Waals surface area contributed by atoms with Crippen molar-refractivity contribution < 1.29 is 19.7 Å². The monoisotopic (exact) mass is 421 g/mol. The molecule has 162 valence electrons. The molecule has 3 rings (SSSR count). The van der Waals surface area contributed by atoms with E-state index in [4.69, 9.17) is 16.3 Å². The van der Waals surface area contributed by atoms with Crippen LogP contribution in [0.15, 0.2) is 42.7 Å². The first-order valence-electron chi connectivity index (χ1n) is 10.0. The van der Waals surface area contributed by atoms with E-state index >= 15 is 0 Å². The maximum atomic E-state index is 10.3. The molecule has 0 amide bonds. The van der Waals surface area contributed by atoms with E-state index in [2.05, 4.69) is 21.2 Å². The van der Waals surface area contributed by atoms with Crippen molar-refractivity contribution in [2.24, 2.45) is 0 Å². The molecule has 7 nitrogen and oxygen atoms in total. The van der Waals surface area contributed by atoms with Crippen molar-refractivity contribution in [3.63, 3.8) is 0 Å². The average Bonchev–Trinajstić information content (AvgIpc) is 2.80. The van der Waals surface area contributed by atoms with E-state index in [1.165, 1.54) is 6.33 Å². The van der Waals surface area contributed by atoms with Gasteiger partial charge < -0.3 is 25.1 Å². The zero-order chi connectivity index (χ0) is 22.5. The van der Waals surface area contributed by atoms with Gasteiger partial charge in [-0.25, -0.2) is 9.97 Å². The van der Waals surface area contributed by atoms with Crippen LogP contribution < -0.4 is 10.1 Å². The van der Waals surface area contributed by atoms with Gasteiger partial charge in [0.25, 0.3) is 0 Å². The lowest BCUT2D eigenvalue weighted by atomic mass is 10.1. The summed E-state index contributed by atoms with van der Waals surface area (Å²) in [6, 6.07) is 10.8. The van der Waals surface area contributed by atoms with Crippen LogP contribution in [0, 0.1) is 12.3 Å². The van der Waals surface area contributed by atoms with Gasteiger partial charge in [0.2, 0.25) is 0 Å². The van der Waals surface area contributed by atoms with Gasteiger partial charge in [-0.1, -0.05) is 24.8 Å². The predicted octanol–water partition coefficient (Wildman–Crippen LogP) is 4.20. The summed E-state index contributed by atoms with van der Waals surface area (Å²) < 4.78 is 5.76. The van der Waals surface area contributed by atoms with E-state index in [1.807, 2.05) is 24.3 Å². The van der Waals surface area contributed by atoms with Gasteiger partial charge in [-0.2, -0.15) is 0 Å². The molecule has 31 heavy (non-hydrogen) atoms. The van der Waals surface area contributed by atoms with Gasteiger partial charge in [0, 0.05) is 36.2 Å². The summed E-state index contributed by atoms with van der Waals surface area (Å²) in [6.07, 6.45) is 12.2. The van der Waals surface area contributed by atoms with Crippen LogP contribution in [0.2, 0.25) is 0 Å². The Labute approximate surface area is 182 Å².